The van der Waals surface area contributed by atoms with E-state index in [2.05, 4.69) is 185 Å². The summed E-state index contributed by atoms with van der Waals surface area (Å²) in [5.41, 5.74) is 69.4. The smallest absolute Gasteiger partial charge is 0.150 e. The Labute approximate surface area is 812 Å². The third kappa shape index (κ3) is 21.2. The molecule has 16 aromatic carbocycles. The topological polar surface area (TPSA) is 382 Å². The molecule has 8 aliphatic rings. The van der Waals surface area contributed by atoms with Crippen LogP contribution in [0.15, 0.2) is 267 Å². The fraction of sp³-hybridized carbons (Fsp3) is 0.276. The number of epoxide rings is 8. The summed E-state index contributed by atoms with van der Waals surface area (Å²) >= 11 is 0. The summed E-state index contributed by atoms with van der Waals surface area (Å²) in [4.78, 5) is 0. The van der Waals surface area contributed by atoms with E-state index >= 15 is 0 Å². The van der Waals surface area contributed by atoms with Crippen molar-refractivity contribution < 1.29 is 75.8 Å². The van der Waals surface area contributed by atoms with Gasteiger partial charge in [0.1, 0.15) is 136 Å². The van der Waals surface area contributed by atoms with Gasteiger partial charge in [0.2, 0.25) is 0 Å². The number of benzene rings is 16. The van der Waals surface area contributed by atoms with Gasteiger partial charge in [-0.25, -0.2) is 0 Å². The van der Waals surface area contributed by atoms with Crippen molar-refractivity contribution in [2.24, 2.45) is 0 Å². The molecule has 8 heterocycles. The van der Waals surface area contributed by atoms with Crippen molar-refractivity contribution in [1.82, 2.24) is 0 Å². The first kappa shape index (κ1) is 91.9. The molecule has 8 saturated heterocycles. The molecule has 8 fully saturated rings. The van der Waals surface area contributed by atoms with Crippen molar-refractivity contribution in [3.8, 4) is 68.2 Å². The van der Waals surface area contributed by atoms with Gasteiger partial charge in [-0.3, -0.25) is 0 Å². The van der Waals surface area contributed by atoms with Crippen LogP contribution in [0, 0.1) is 0 Å². The van der Waals surface area contributed by atoms with Gasteiger partial charge in [-0.15, -0.1) is 0 Å². The molecule has 8 atom stereocenters. The van der Waals surface area contributed by atoms with Gasteiger partial charge in [0, 0.05) is 32.7 Å². The van der Waals surface area contributed by atoms with Crippen LogP contribution in [0.4, 0.5) is 45.5 Å². The van der Waals surface area contributed by atoms with E-state index < -0.39 is 0 Å². The van der Waals surface area contributed by atoms with Crippen LogP contribution < -0.4 is 83.8 Å². The van der Waals surface area contributed by atoms with E-state index in [1.165, 1.54) is 43.8 Å². The maximum absolute atomic E-state index is 6.54. The van der Waals surface area contributed by atoms with E-state index in [0.717, 1.165) is 140 Å². The minimum absolute atomic E-state index is 0.106. The van der Waals surface area contributed by atoms with Gasteiger partial charge in [-0.1, -0.05) is 210 Å². The average Bonchev–Trinajstić information content (AvgIpc) is 1.43. The molecule has 0 amide bonds. The van der Waals surface area contributed by atoms with Crippen molar-refractivity contribution in [2.45, 2.75) is 100 Å². The molecule has 140 heavy (non-hydrogen) atoms. The molecule has 0 aromatic heterocycles. The Morgan fingerprint density at radius 3 is 0.793 bits per heavy atom. The fourth-order valence-electron chi connectivity index (χ4n) is 18.1. The third-order valence-corrected chi connectivity index (χ3v) is 27.1. The van der Waals surface area contributed by atoms with Gasteiger partial charge in [-0.2, -0.15) is 0 Å². The Bertz CT molecular complexity index is 6820. The van der Waals surface area contributed by atoms with E-state index in [1.54, 1.807) is 0 Å². The van der Waals surface area contributed by atoms with Crippen molar-refractivity contribution in [2.75, 3.05) is 152 Å². The second-order valence-electron chi connectivity index (χ2n) is 38.2. The standard InChI is InChI=1S/C34H32N2O4.C30H36N2O4.2C26H24N2O4/c35-31-15-21(9-11-33(31)39-19-23-17-37-23)13-29-25-5-1-2-6-26(25)30(28-8-4-3-7-27(28)29)14-22-10-12-34(32(36)16-22)40-20-24-18-38-24;1-29(2,21-9-11-27(25(31)13-21)35-17-23-15-33-23)19-5-7-20(8-6-19)30(3,4)22-10-12-28(26(32)14-22)36-18-24-16-34-24;27-25-21-5-1-15(9-17(21)3-7-23(25)31-13-19-11-29-19)16-2-6-22-18(10-16)4-8-24(26(22)28)32-14-20-12-30-20;27-21-9-15-5-1-3-7-19(15)23(25(21)31-13-17-11-29-17)24-20-8-4-2-6-16(20)10-22(28)26(24)32-14-18-12-30-18/h1-12,15-16,23-24H,13-14,17-20,35-36H2;5-14,23-24H,15-18,31-32H2,1-4H3;1-10,19-20H,11-14,27-28H2;1-10,17-18H,11-14,27-28H2. The molecule has 0 aliphatic carbocycles. The van der Waals surface area contributed by atoms with E-state index in [1.807, 2.05) is 109 Å². The van der Waals surface area contributed by atoms with Crippen LogP contribution in [0.25, 0.3) is 86.9 Å². The van der Waals surface area contributed by atoms with Gasteiger partial charge in [-0.05, 0) is 207 Å². The summed E-state index contributed by atoms with van der Waals surface area (Å²) in [7, 11) is 0. The van der Waals surface area contributed by atoms with Crippen molar-refractivity contribution in [3.05, 3.63) is 311 Å². The Balaban J connectivity index is 0.000000111. The number of fused-ring (bicyclic) bond motifs is 6. The Kier molecular flexibility index (Phi) is 25.9. The highest BCUT2D eigenvalue weighted by atomic mass is 16.6. The zero-order valence-electron chi connectivity index (χ0n) is 78.9. The normalized spacial score (nSPS) is 18.8. The van der Waals surface area contributed by atoms with Crippen LogP contribution >= 0.6 is 0 Å². The van der Waals surface area contributed by atoms with Gasteiger partial charge < -0.3 is 122 Å². The van der Waals surface area contributed by atoms with Crippen LogP contribution in [0.5, 0.6) is 46.0 Å². The first-order valence-corrected chi connectivity index (χ1v) is 47.9. The monoisotopic (exact) mass is 1880 g/mol. The lowest BCUT2D eigenvalue weighted by atomic mass is 9.74. The lowest BCUT2D eigenvalue weighted by Gasteiger charge is -2.30. The van der Waals surface area contributed by atoms with Gasteiger partial charge >= 0.3 is 0 Å². The average molecular weight is 1880 g/mol. The second-order valence-corrected chi connectivity index (χ2v) is 38.2. The van der Waals surface area contributed by atoms with Crippen molar-refractivity contribution >= 4 is 110 Å². The minimum atomic E-state index is -0.219. The number of anilines is 8. The molecule has 0 radical (unpaired) electrons. The van der Waals surface area contributed by atoms with Crippen LogP contribution in [-0.2, 0) is 61.6 Å². The van der Waals surface area contributed by atoms with E-state index in [0.29, 0.717) is 158 Å². The number of nitrogens with two attached hydrogens (primary N) is 8. The summed E-state index contributed by atoms with van der Waals surface area (Å²) in [6, 6.07) is 91.3. The number of ether oxygens (including phenoxy) is 16. The summed E-state index contributed by atoms with van der Waals surface area (Å²) in [6.45, 7) is 19.0. The third-order valence-electron chi connectivity index (χ3n) is 27.1. The van der Waals surface area contributed by atoms with Crippen molar-refractivity contribution in [3.63, 3.8) is 0 Å². The predicted molar refractivity (Wildman–Crippen MR) is 554 cm³/mol. The maximum Gasteiger partial charge on any atom is 0.150 e. The van der Waals surface area contributed by atoms with Crippen LogP contribution in [-0.4, -0.2) is 155 Å². The lowest BCUT2D eigenvalue weighted by Crippen LogP contribution is -2.22. The van der Waals surface area contributed by atoms with Gasteiger partial charge in [0.15, 0.2) is 11.5 Å². The molecule has 16 aromatic rings. The quantitative estimate of drug-likeness (QED) is 0.0105. The molecule has 8 aliphatic heterocycles. The fourth-order valence-corrected chi connectivity index (χ4v) is 18.1. The molecule has 8 unspecified atom stereocenters. The Morgan fingerprint density at radius 2 is 0.493 bits per heavy atom. The van der Waals surface area contributed by atoms with Gasteiger partial charge in [0.05, 0.1) is 98.4 Å². The van der Waals surface area contributed by atoms with E-state index in [-0.39, 0.29) is 59.7 Å². The molecule has 24 nitrogen and oxygen atoms in total. The van der Waals surface area contributed by atoms with E-state index in [9.17, 15) is 0 Å². The molecule has 24 heteroatoms. The molecular weight excluding hydrogens is 1760 g/mol. The molecule has 716 valence electrons. The molecule has 0 saturated carbocycles. The number of rotatable bonds is 34. The summed E-state index contributed by atoms with van der Waals surface area (Å²) < 4.78 is 89.5. The highest BCUT2D eigenvalue weighted by Gasteiger charge is 2.35. The van der Waals surface area contributed by atoms with Crippen molar-refractivity contribution in [1.29, 1.82) is 0 Å². The molecule has 0 spiro atoms. The zero-order chi connectivity index (χ0) is 95.9. The first-order chi connectivity index (χ1) is 68.1. The number of nitrogen functional groups attached to an aromatic ring is 8. The van der Waals surface area contributed by atoms with Crippen LogP contribution in [0.1, 0.15) is 72.2 Å². The van der Waals surface area contributed by atoms with Crippen LogP contribution in [0.2, 0.25) is 0 Å². The van der Waals surface area contributed by atoms with Gasteiger partial charge in [0.25, 0.3) is 0 Å². The zero-order valence-corrected chi connectivity index (χ0v) is 78.9. The molecule has 24 rings (SSSR count). The summed E-state index contributed by atoms with van der Waals surface area (Å²) in [5, 5.41) is 13.2. The van der Waals surface area contributed by atoms with Crippen LogP contribution in [0.3, 0.4) is 0 Å². The second kappa shape index (κ2) is 39.4. The highest BCUT2D eigenvalue weighted by molar-refractivity contribution is 6.14. The maximum atomic E-state index is 6.54. The predicted octanol–water partition coefficient (Wildman–Crippen LogP) is 19.7. The molecular formula is C116H116N8O16. The molecule has 16 N–H and O–H groups in total. The number of hydrogen-bond donors (Lipinski definition) is 8. The summed E-state index contributed by atoms with van der Waals surface area (Å²) in [6.07, 6.45) is 2.93. The Hall–Kier alpha value is -14.4. The SMILES string of the molecule is CC(C)(c1ccc(C(C)(C)c2ccc(OCC3CO3)c(N)c2)cc1)c1ccc(OCC2CO2)c(N)c1.Nc1c(OCC2CO2)ccc2cc(-c3ccc4c(N)c(OCC5CO5)ccc4c3)ccc12.Nc1cc(Cc2c3ccccc3c(Cc3ccc(OCC4CO4)c(N)c3)c3ccccc23)ccc1OCC1CO1.Nc1cc2ccccc2c(-c2c(OCC3CO3)c(N)cc3ccccc23)c1OCC1CO1. The summed E-state index contributed by atoms with van der Waals surface area (Å²) in [5.74, 6) is 5.49. The number of hydrogen-bond acceptors (Lipinski definition) is 24. The first-order valence-electron chi connectivity index (χ1n) is 47.9. The van der Waals surface area contributed by atoms with E-state index in [4.69, 9.17) is 122 Å². The lowest BCUT2D eigenvalue weighted by molar-refractivity contribution is 0.262. The largest absolute Gasteiger partial charge is 0.489 e. The minimum Gasteiger partial charge on any atom is -0.489 e. The molecule has 0 bridgehead atoms. The highest BCUT2D eigenvalue weighted by Crippen LogP contribution is 2.52. The Morgan fingerprint density at radius 1 is 0.236 bits per heavy atom.